The van der Waals surface area contributed by atoms with Crippen LogP contribution < -0.4 is 4.74 Å². The minimum atomic E-state index is -0.230. The summed E-state index contributed by atoms with van der Waals surface area (Å²) in [7, 11) is 1.69. The molecule has 1 aromatic rings. The molecule has 0 spiro atoms. The first-order valence-corrected chi connectivity index (χ1v) is 7.18. The van der Waals surface area contributed by atoms with Crippen molar-refractivity contribution in [2.24, 2.45) is 5.41 Å². The van der Waals surface area contributed by atoms with E-state index in [0.29, 0.717) is 5.92 Å². The van der Waals surface area contributed by atoms with Crippen molar-refractivity contribution in [1.29, 1.82) is 0 Å². The highest BCUT2D eigenvalue weighted by molar-refractivity contribution is 5.29. The number of ether oxygens (including phenoxy) is 2. The van der Waals surface area contributed by atoms with E-state index in [4.69, 9.17) is 9.47 Å². The van der Waals surface area contributed by atoms with Crippen molar-refractivity contribution in [1.82, 2.24) is 0 Å². The van der Waals surface area contributed by atoms with Crippen LogP contribution >= 0.6 is 0 Å². The van der Waals surface area contributed by atoms with E-state index in [0.717, 1.165) is 5.75 Å². The Morgan fingerprint density at radius 2 is 1.68 bits per heavy atom. The van der Waals surface area contributed by atoms with Gasteiger partial charge in [0.25, 0.3) is 0 Å². The minimum absolute atomic E-state index is 0.0388. The summed E-state index contributed by atoms with van der Waals surface area (Å²) in [5.74, 6) is 1.48. The fourth-order valence-corrected chi connectivity index (χ4v) is 2.18. The van der Waals surface area contributed by atoms with E-state index < -0.39 is 0 Å². The predicted octanol–water partition coefficient (Wildman–Crippen LogP) is 4.99. The average Bonchev–Trinajstić information content (AvgIpc) is 2.35. The van der Waals surface area contributed by atoms with Crippen LogP contribution in [0.2, 0.25) is 0 Å². The van der Waals surface area contributed by atoms with Crippen LogP contribution in [-0.2, 0) is 4.74 Å². The van der Waals surface area contributed by atoms with Crippen LogP contribution in [0, 0.1) is 5.41 Å². The largest absolute Gasteiger partial charge is 0.464 e. The van der Waals surface area contributed by atoms with Crippen LogP contribution in [0.4, 0.5) is 0 Å². The lowest BCUT2D eigenvalue weighted by Gasteiger charge is -2.29. The molecule has 0 fully saturated rings. The van der Waals surface area contributed by atoms with E-state index in [1.807, 2.05) is 12.1 Å². The van der Waals surface area contributed by atoms with Gasteiger partial charge in [0.05, 0.1) is 0 Å². The summed E-state index contributed by atoms with van der Waals surface area (Å²) in [6.07, 6.45) is 2.21. The zero-order chi connectivity index (χ0) is 14.5. The lowest BCUT2D eigenvalue weighted by Crippen LogP contribution is -2.33. The summed E-state index contributed by atoms with van der Waals surface area (Å²) in [4.78, 5) is 0. The molecule has 0 aliphatic rings. The van der Waals surface area contributed by atoms with Gasteiger partial charge in [0.2, 0.25) is 6.29 Å². The van der Waals surface area contributed by atoms with Crippen molar-refractivity contribution in [3.63, 3.8) is 0 Å². The predicted molar refractivity (Wildman–Crippen MR) is 80.6 cm³/mol. The Hall–Kier alpha value is -1.02. The van der Waals surface area contributed by atoms with Gasteiger partial charge in [-0.2, -0.15) is 0 Å². The van der Waals surface area contributed by atoms with E-state index in [2.05, 4.69) is 46.8 Å². The van der Waals surface area contributed by atoms with Crippen LogP contribution in [0.25, 0.3) is 0 Å². The SMILES string of the molecule is CCCC(C)c1ccc(OC(OC)C(C)(C)C)cc1. The normalized spacial score (nSPS) is 15.1. The summed E-state index contributed by atoms with van der Waals surface area (Å²) in [6, 6.07) is 8.40. The summed E-state index contributed by atoms with van der Waals surface area (Å²) < 4.78 is 11.3. The van der Waals surface area contributed by atoms with Crippen LogP contribution in [0.15, 0.2) is 24.3 Å². The molecule has 0 aliphatic heterocycles. The third kappa shape index (κ3) is 4.87. The second-order valence-electron chi connectivity index (χ2n) is 6.31. The van der Waals surface area contributed by atoms with Gasteiger partial charge in [0.15, 0.2) is 0 Å². The summed E-state index contributed by atoms with van der Waals surface area (Å²) in [5.41, 5.74) is 1.34. The molecular formula is C17H28O2. The van der Waals surface area contributed by atoms with Gasteiger partial charge in [0, 0.05) is 12.5 Å². The Bertz CT molecular complexity index is 362. The van der Waals surface area contributed by atoms with Gasteiger partial charge in [0.1, 0.15) is 5.75 Å². The Kier molecular flexibility index (Phi) is 5.86. The molecule has 19 heavy (non-hydrogen) atoms. The van der Waals surface area contributed by atoms with E-state index >= 15 is 0 Å². The molecule has 2 heteroatoms. The standard InChI is InChI=1S/C17H28O2/c1-7-8-13(2)14-9-11-15(12-10-14)19-16(18-6)17(3,4)5/h9-13,16H,7-8H2,1-6H3. The van der Waals surface area contributed by atoms with E-state index in [1.54, 1.807) is 7.11 Å². The highest BCUT2D eigenvalue weighted by atomic mass is 16.7. The van der Waals surface area contributed by atoms with Crippen LogP contribution in [0.3, 0.4) is 0 Å². The second-order valence-corrected chi connectivity index (χ2v) is 6.31. The Morgan fingerprint density at radius 3 is 2.11 bits per heavy atom. The highest BCUT2D eigenvalue weighted by Gasteiger charge is 2.26. The molecule has 0 heterocycles. The molecule has 0 amide bonds. The van der Waals surface area contributed by atoms with Crippen LogP contribution in [-0.4, -0.2) is 13.4 Å². The molecule has 1 rings (SSSR count). The van der Waals surface area contributed by atoms with E-state index in [9.17, 15) is 0 Å². The van der Waals surface area contributed by atoms with Crippen molar-refractivity contribution in [2.75, 3.05) is 7.11 Å². The first-order chi connectivity index (χ1) is 8.88. The molecule has 0 saturated heterocycles. The quantitative estimate of drug-likeness (QED) is 0.674. The monoisotopic (exact) mass is 264 g/mol. The zero-order valence-corrected chi connectivity index (χ0v) is 13.2. The Balaban J connectivity index is 2.71. The van der Waals surface area contributed by atoms with Crippen molar-refractivity contribution in [2.45, 2.75) is 59.7 Å². The Labute approximate surface area is 118 Å². The number of methoxy groups -OCH3 is 1. The van der Waals surface area contributed by atoms with E-state index in [-0.39, 0.29) is 11.7 Å². The van der Waals surface area contributed by atoms with Crippen molar-refractivity contribution in [3.8, 4) is 5.75 Å². The smallest absolute Gasteiger partial charge is 0.204 e. The molecule has 0 aliphatic carbocycles. The van der Waals surface area contributed by atoms with Gasteiger partial charge in [-0.1, -0.05) is 53.2 Å². The molecule has 0 bridgehead atoms. The molecule has 108 valence electrons. The molecule has 0 saturated carbocycles. The number of benzene rings is 1. The van der Waals surface area contributed by atoms with E-state index in [1.165, 1.54) is 18.4 Å². The van der Waals surface area contributed by atoms with Crippen molar-refractivity contribution in [3.05, 3.63) is 29.8 Å². The van der Waals surface area contributed by atoms with Gasteiger partial charge in [-0.15, -0.1) is 0 Å². The number of hydrogen-bond donors (Lipinski definition) is 0. The molecule has 2 atom stereocenters. The average molecular weight is 264 g/mol. The molecule has 0 radical (unpaired) electrons. The molecule has 2 unspecified atom stereocenters. The van der Waals surface area contributed by atoms with Crippen molar-refractivity contribution < 1.29 is 9.47 Å². The third-order valence-corrected chi connectivity index (χ3v) is 3.34. The maximum absolute atomic E-state index is 5.90. The molecular weight excluding hydrogens is 236 g/mol. The summed E-state index contributed by atoms with van der Waals surface area (Å²) in [5, 5.41) is 0. The first kappa shape index (κ1) is 16.0. The maximum Gasteiger partial charge on any atom is 0.204 e. The third-order valence-electron chi connectivity index (χ3n) is 3.34. The lowest BCUT2D eigenvalue weighted by molar-refractivity contribution is -0.120. The molecule has 0 aromatic heterocycles. The first-order valence-electron chi connectivity index (χ1n) is 7.18. The lowest BCUT2D eigenvalue weighted by atomic mass is 9.95. The minimum Gasteiger partial charge on any atom is -0.464 e. The molecule has 1 aromatic carbocycles. The van der Waals surface area contributed by atoms with Gasteiger partial charge in [-0.05, 0) is 30.0 Å². The van der Waals surface area contributed by atoms with Crippen molar-refractivity contribution >= 4 is 0 Å². The number of hydrogen-bond acceptors (Lipinski definition) is 2. The van der Waals surface area contributed by atoms with Gasteiger partial charge in [-0.3, -0.25) is 0 Å². The fourth-order valence-electron chi connectivity index (χ4n) is 2.18. The summed E-state index contributed by atoms with van der Waals surface area (Å²) in [6.45, 7) is 10.8. The van der Waals surface area contributed by atoms with Crippen LogP contribution in [0.5, 0.6) is 5.75 Å². The zero-order valence-electron chi connectivity index (χ0n) is 13.2. The highest BCUT2D eigenvalue weighted by Crippen LogP contribution is 2.27. The van der Waals surface area contributed by atoms with Crippen LogP contribution in [0.1, 0.15) is 58.9 Å². The topological polar surface area (TPSA) is 18.5 Å². The fraction of sp³-hybridized carbons (Fsp3) is 0.647. The van der Waals surface area contributed by atoms with Gasteiger partial charge < -0.3 is 9.47 Å². The maximum atomic E-state index is 5.90. The molecule has 0 N–H and O–H groups in total. The Morgan fingerprint density at radius 1 is 1.11 bits per heavy atom. The van der Waals surface area contributed by atoms with Gasteiger partial charge >= 0.3 is 0 Å². The molecule has 2 nitrogen and oxygen atoms in total. The number of rotatable bonds is 6. The van der Waals surface area contributed by atoms with Gasteiger partial charge in [-0.25, -0.2) is 0 Å². The summed E-state index contributed by atoms with van der Waals surface area (Å²) >= 11 is 0. The second kappa shape index (κ2) is 6.95.